The lowest BCUT2D eigenvalue weighted by Crippen LogP contribution is -2.09. The van der Waals surface area contributed by atoms with Crippen LogP contribution >= 0.6 is 23.2 Å². The van der Waals surface area contributed by atoms with E-state index in [1.165, 1.54) is 30.4 Å². The lowest BCUT2D eigenvalue weighted by molar-refractivity contribution is 0.0597. The van der Waals surface area contributed by atoms with Crippen LogP contribution in [0.3, 0.4) is 0 Å². The highest BCUT2D eigenvalue weighted by Gasteiger charge is 2.17. The quantitative estimate of drug-likeness (QED) is 0.137. The molecule has 10 nitrogen and oxygen atoms in total. The van der Waals surface area contributed by atoms with Gasteiger partial charge in [-0.3, -0.25) is 0 Å². The normalized spacial score (nSPS) is 11.0. The Labute approximate surface area is 326 Å². The van der Waals surface area contributed by atoms with Crippen LogP contribution in [0.1, 0.15) is 54.4 Å². The van der Waals surface area contributed by atoms with Gasteiger partial charge in [-0.2, -0.15) is 10.2 Å². The topological polar surface area (TPSA) is 125 Å². The number of aromatic carboxylic acids is 1. The third-order valence-electron chi connectivity index (χ3n) is 9.12. The van der Waals surface area contributed by atoms with E-state index >= 15 is 0 Å². The van der Waals surface area contributed by atoms with Gasteiger partial charge in [-0.25, -0.2) is 9.59 Å². The Morgan fingerprint density at radius 2 is 1.04 bits per heavy atom. The number of carbonyl (C=O) groups is 2. The molecule has 0 amide bonds. The molecule has 0 unspecified atom stereocenters. The number of hydrogen-bond donors (Lipinski definition) is 1. The predicted octanol–water partition coefficient (Wildman–Crippen LogP) is 8.93. The average Bonchev–Trinajstić information content (AvgIpc) is 3.79. The number of halogens is 2. The first-order chi connectivity index (χ1) is 26.7. The number of ether oxygens (including phenoxy) is 1. The molecule has 0 bridgehead atoms. The van der Waals surface area contributed by atoms with Crippen molar-refractivity contribution in [1.29, 1.82) is 0 Å². The summed E-state index contributed by atoms with van der Waals surface area (Å²) in [7, 11) is 1.34. The molecule has 4 aromatic heterocycles. The van der Waals surface area contributed by atoms with Crippen LogP contribution in [0.25, 0.3) is 21.8 Å². The number of nitrogens with zero attached hydrogens (tertiary/aromatic N) is 6. The van der Waals surface area contributed by atoms with Gasteiger partial charge in [-0.05, 0) is 81.6 Å². The Balaban J connectivity index is 0.000000169. The van der Waals surface area contributed by atoms with Gasteiger partial charge in [0, 0.05) is 49.4 Å². The largest absolute Gasteiger partial charge is 0.478 e. The fourth-order valence-corrected chi connectivity index (χ4v) is 6.76. The summed E-state index contributed by atoms with van der Waals surface area (Å²) in [6.07, 6.45) is 5.00. The number of esters is 1. The molecule has 0 spiro atoms. The van der Waals surface area contributed by atoms with Crippen molar-refractivity contribution in [3.63, 3.8) is 0 Å². The first-order valence-corrected chi connectivity index (χ1v) is 18.1. The smallest absolute Gasteiger partial charge is 0.339 e. The summed E-state index contributed by atoms with van der Waals surface area (Å²) in [5.74, 6) is -1.53. The summed E-state index contributed by atoms with van der Waals surface area (Å²) in [4.78, 5) is 23.4. The minimum absolute atomic E-state index is 0.0737. The molecular formula is C43H34Cl2N6O4. The van der Waals surface area contributed by atoms with E-state index in [0.717, 1.165) is 46.0 Å². The average molecular weight is 770 g/mol. The second-order valence-electron chi connectivity index (χ2n) is 12.8. The zero-order valence-electron chi connectivity index (χ0n) is 29.6. The molecule has 0 radical (unpaired) electrons. The van der Waals surface area contributed by atoms with E-state index in [0.29, 0.717) is 29.8 Å². The molecule has 0 fully saturated rings. The number of carboxylic acids is 1. The predicted molar refractivity (Wildman–Crippen MR) is 213 cm³/mol. The van der Waals surface area contributed by atoms with Crippen LogP contribution < -0.4 is 0 Å². The number of fused-ring (bicyclic) bond motifs is 2. The maximum absolute atomic E-state index is 12.0. The fraction of sp³-hybridized carbons (Fsp3) is 0.116. The highest BCUT2D eigenvalue weighted by molar-refractivity contribution is 6.30. The van der Waals surface area contributed by atoms with E-state index in [1.807, 2.05) is 48.5 Å². The summed E-state index contributed by atoms with van der Waals surface area (Å²) >= 11 is 11.7. The van der Waals surface area contributed by atoms with Gasteiger partial charge in [0.05, 0.1) is 29.6 Å². The van der Waals surface area contributed by atoms with Crippen molar-refractivity contribution < 1.29 is 19.4 Å². The van der Waals surface area contributed by atoms with Crippen molar-refractivity contribution in [2.24, 2.45) is 0 Å². The lowest BCUT2D eigenvalue weighted by atomic mass is 10.0. The number of hydrogen-bond acceptors (Lipinski definition) is 7. The van der Waals surface area contributed by atoms with Crippen molar-refractivity contribution in [3.8, 4) is 0 Å². The summed E-state index contributed by atoms with van der Waals surface area (Å²) in [5, 5.41) is 27.5. The Hall–Kier alpha value is -6.36. The summed E-state index contributed by atoms with van der Waals surface area (Å²) in [6, 6.07) is 40.0. The third kappa shape index (κ3) is 8.89. The van der Waals surface area contributed by atoms with Crippen LogP contribution in [0.4, 0.5) is 0 Å². The van der Waals surface area contributed by atoms with Crippen LogP contribution in [0.15, 0.2) is 134 Å². The lowest BCUT2D eigenvalue weighted by Gasteiger charge is -2.08. The maximum Gasteiger partial charge on any atom is 0.339 e. The van der Waals surface area contributed by atoms with E-state index < -0.39 is 11.9 Å². The molecule has 55 heavy (non-hydrogen) atoms. The number of benzene rings is 4. The number of carbonyl (C=O) groups excluding carboxylic acids is 1. The van der Waals surface area contributed by atoms with Gasteiger partial charge in [0.15, 0.2) is 10.3 Å². The molecule has 0 aliphatic carbocycles. The summed E-state index contributed by atoms with van der Waals surface area (Å²) < 4.78 is 9.24. The van der Waals surface area contributed by atoms with E-state index in [1.54, 1.807) is 0 Å². The first kappa shape index (κ1) is 37.0. The zero-order valence-corrected chi connectivity index (χ0v) is 31.2. The SMILES string of the molecule is COC(=O)c1cc(Cl)nnc1Cc1ccc2c(ccn2Cc2ccccc2)c1.O=C(O)c1cc(Cl)nnc1Cc1ccc2c(ccn2Cc2ccccc2)c1. The van der Waals surface area contributed by atoms with Crippen LogP contribution in [-0.2, 0) is 30.7 Å². The van der Waals surface area contributed by atoms with Gasteiger partial charge < -0.3 is 19.0 Å². The van der Waals surface area contributed by atoms with Gasteiger partial charge in [-0.15, -0.1) is 10.2 Å². The van der Waals surface area contributed by atoms with Gasteiger partial charge in [0.1, 0.15) is 0 Å². The highest BCUT2D eigenvalue weighted by atomic mass is 35.5. The monoisotopic (exact) mass is 768 g/mol. The number of rotatable bonds is 10. The van der Waals surface area contributed by atoms with Crippen molar-refractivity contribution in [3.05, 3.63) is 189 Å². The molecular weight excluding hydrogens is 735 g/mol. The van der Waals surface area contributed by atoms with Gasteiger partial charge in [0.25, 0.3) is 0 Å². The molecule has 0 saturated heterocycles. The van der Waals surface area contributed by atoms with Gasteiger partial charge >= 0.3 is 11.9 Å². The Morgan fingerprint density at radius 3 is 1.49 bits per heavy atom. The molecule has 8 rings (SSSR count). The molecule has 0 atom stereocenters. The number of carboxylic acid groups (broad SMARTS) is 1. The van der Waals surface area contributed by atoms with Crippen LogP contribution in [0, 0.1) is 0 Å². The standard InChI is InChI=1S/C22H18ClN3O2.C21H16ClN3O2/c1-28-22(27)18-13-21(23)25-24-19(18)12-16-7-8-20-17(11-16)9-10-26(20)14-15-5-3-2-4-6-15;22-20-12-17(21(26)27)18(23-24-20)11-15-6-7-19-16(10-15)8-9-25(19)13-14-4-2-1-3-5-14/h2-11,13H,12,14H2,1H3;1-10,12H,11,13H2,(H,26,27). The van der Waals surface area contributed by atoms with E-state index in [4.69, 9.17) is 27.9 Å². The van der Waals surface area contributed by atoms with E-state index in [9.17, 15) is 14.7 Å². The van der Waals surface area contributed by atoms with Crippen LogP contribution in [0.2, 0.25) is 10.3 Å². The van der Waals surface area contributed by atoms with Crippen molar-refractivity contribution in [2.75, 3.05) is 7.11 Å². The molecule has 4 heterocycles. The third-order valence-corrected chi connectivity index (χ3v) is 9.49. The van der Waals surface area contributed by atoms with Crippen molar-refractivity contribution >= 4 is 56.9 Å². The Bertz CT molecular complexity index is 2630. The van der Waals surface area contributed by atoms with Crippen LogP contribution in [0.5, 0.6) is 0 Å². The fourth-order valence-electron chi connectivity index (χ4n) is 6.46. The molecule has 0 aliphatic rings. The number of aromatic nitrogens is 6. The first-order valence-electron chi connectivity index (χ1n) is 17.3. The van der Waals surface area contributed by atoms with Crippen molar-refractivity contribution in [1.82, 2.24) is 29.5 Å². The Morgan fingerprint density at radius 1 is 0.582 bits per heavy atom. The molecule has 4 aromatic carbocycles. The van der Waals surface area contributed by atoms with Gasteiger partial charge in [-0.1, -0.05) is 96.0 Å². The molecule has 0 saturated carbocycles. The van der Waals surface area contributed by atoms with Gasteiger partial charge in [0.2, 0.25) is 0 Å². The number of methoxy groups -OCH3 is 1. The second kappa shape index (κ2) is 16.8. The highest BCUT2D eigenvalue weighted by Crippen LogP contribution is 2.24. The molecule has 8 aromatic rings. The van der Waals surface area contributed by atoms with Crippen LogP contribution in [-0.4, -0.2) is 53.7 Å². The molecule has 274 valence electrons. The van der Waals surface area contributed by atoms with E-state index in [2.05, 4.69) is 103 Å². The molecule has 0 aliphatic heterocycles. The zero-order chi connectivity index (χ0) is 38.3. The molecule has 1 N–H and O–H groups in total. The molecule has 12 heteroatoms. The van der Waals surface area contributed by atoms with Crippen molar-refractivity contribution in [2.45, 2.75) is 25.9 Å². The minimum Gasteiger partial charge on any atom is -0.478 e. The Kier molecular flexibility index (Phi) is 11.3. The maximum atomic E-state index is 12.0. The summed E-state index contributed by atoms with van der Waals surface area (Å²) in [5.41, 5.74) is 8.14. The second-order valence-corrected chi connectivity index (χ2v) is 13.6. The summed E-state index contributed by atoms with van der Waals surface area (Å²) in [6.45, 7) is 1.62. The van der Waals surface area contributed by atoms with E-state index in [-0.39, 0.29) is 15.9 Å². The minimum atomic E-state index is -1.06.